The predicted molar refractivity (Wildman–Crippen MR) is 84.6 cm³/mol. The summed E-state index contributed by atoms with van der Waals surface area (Å²) in [6.07, 6.45) is 0. The lowest BCUT2D eigenvalue weighted by Gasteiger charge is -2.25. The molecule has 2 fully saturated rings. The zero-order valence-corrected chi connectivity index (χ0v) is 12.2. The Balaban J connectivity index is 1.85. The maximum absolute atomic E-state index is 12.6. The molecule has 2 aliphatic heterocycles. The first-order chi connectivity index (χ1) is 10.3. The molecule has 1 unspecified atom stereocenters. The van der Waals surface area contributed by atoms with E-state index in [2.05, 4.69) is 0 Å². The molecule has 106 valence electrons. The smallest absolute Gasteiger partial charge is 0.310 e. The summed E-state index contributed by atoms with van der Waals surface area (Å²) in [4.78, 5) is 28.3. The number of thioether (sulfide) groups is 1. The van der Waals surface area contributed by atoms with Crippen molar-refractivity contribution < 1.29 is 9.59 Å². The number of nitrogens with zero attached hydrogens (tertiary/aromatic N) is 2. The zero-order chi connectivity index (χ0) is 14.4. The summed E-state index contributed by atoms with van der Waals surface area (Å²) in [6.45, 7) is 0.654. The summed E-state index contributed by atoms with van der Waals surface area (Å²) in [7, 11) is 0. The van der Waals surface area contributed by atoms with E-state index >= 15 is 0 Å². The SMILES string of the molecule is O=C1C2CSCCN2C(=O)N1c1cccc2ccccc12. The van der Waals surface area contributed by atoms with Crippen molar-refractivity contribution in [2.75, 3.05) is 23.0 Å². The van der Waals surface area contributed by atoms with Crippen molar-refractivity contribution in [1.29, 1.82) is 0 Å². The van der Waals surface area contributed by atoms with Crippen LogP contribution in [0.3, 0.4) is 0 Å². The van der Waals surface area contributed by atoms with Gasteiger partial charge >= 0.3 is 6.03 Å². The minimum Gasteiger partial charge on any atom is -0.310 e. The molecule has 0 bridgehead atoms. The van der Waals surface area contributed by atoms with Gasteiger partial charge < -0.3 is 4.90 Å². The van der Waals surface area contributed by atoms with Crippen LogP contribution >= 0.6 is 11.8 Å². The van der Waals surface area contributed by atoms with Gasteiger partial charge in [-0.15, -0.1) is 0 Å². The maximum atomic E-state index is 12.6. The minimum absolute atomic E-state index is 0.0939. The number of hydrogen-bond donors (Lipinski definition) is 0. The molecular formula is C16H14N2O2S. The summed E-state index contributed by atoms with van der Waals surface area (Å²) < 4.78 is 0. The van der Waals surface area contributed by atoms with Crippen molar-refractivity contribution in [1.82, 2.24) is 4.90 Å². The second-order valence-electron chi connectivity index (χ2n) is 5.24. The van der Waals surface area contributed by atoms with E-state index in [1.807, 2.05) is 42.5 Å². The lowest BCUT2D eigenvalue weighted by atomic mass is 10.1. The molecule has 0 saturated carbocycles. The highest BCUT2D eigenvalue weighted by molar-refractivity contribution is 7.99. The number of urea groups is 1. The van der Waals surface area contributed by atoms with Crippen LogP contribution in [-0.4, -0.2) is 40.9 Å². The largest absolute Gasteiger partial charge is 0.332 e. The number of carbonyl (C=O) groups excluding carboxylic acids is 2. The van der Waals surface area contributed by atoms with Crippen LogP contribution in [-0.2, 0) is 4.79 Å². The van der Waals surface area contributed by atoms with Crippen LogP contribution in [0.15, 0.2) is 42.5 Å². The molecule has 21 heavy (non-hydrogen) atoms. The van der Waals surface area contributed by atoms with Gasteiger partial charge in [-0.1, -0.05) is 36.4 Å². The van der Waals surface area contributed by atoms with Crippen molar-refractivity contribution in [3.8, 4) is 0 Å². The number of anilines is 1. The standard InChI is InChI=1S/C16H14N2O2S/c19-15-14-10-21-9-8-17(14)16(20)18(15)13-7-3-5-11-4-1-2-6-12(11)13/h1-7,14H,8-10H2. The highest BCUT2D eigenvalue weighted by atomic mass is 32.2. The Bertz CT molecular complexity index is 717. The molecule has 0 N–H and O–H groups in total. The fourth-order valence-corrected chi connectivity index (χ4v) is 4.07. The fourth-order valence-electron chi connectivity index (χ4n) is 3.03. The topological polar surface area (TPSA) is 40.6 Å². The third-order valence-corrected chi connectivity index (χ3v) is 5.10. The number of rotatable bonds is 1. The first-order valence-electron chi connectivity index (χ1n) is 6.97. The van der Waals surface area contributed by atoms with Crippen LogP contribution in [0.5, 0.6) is 0 Å². The number of benzene rings is 2. The van der Waals surface area contributed by atoms with Gasteiger partial charge in [-0.2, -0.15) is 11.8 Å². The van der Waals surface area contributed by atoms with Gasteiger partial charge in [0.15, 0.2) is 0 Å². The molecule has 2 aromatic rings. The van der Waals surface area contributed by atoms with Crippen LogP contribution in [0, 0.1) is 0 Å². The van der Waals surface area contributed by atoms with Crippen LogP contribution in [0.1, 0.15) is 0 Å². The first-order valence-corrected chi connectivity index (χ1v) is 8.13. The van der Waals surface area contributed by atoms with Gasteiger partial charge in [-0.05, 0) is 11.5 Å². The zero-order valence-electron chi connectivity index (χ0n) is 11.4. The second-order valence-corrected chi connectivity index (χ2v) is 6.39. The predicted octanol–water partition coefficient (Wildman–Crippen LogP) is 2.72. The molecule has 0 radical (unpaired) electrons. The van der Waals surface area contributed by atoms with E-state index in [1.165, 1.54) is 4.90 Å². The average Bonchev–Trinajstić information content (AvgIpc) is 2.79. The molecule has 1 atom stereocenters. The Kier molecular flexibility index (Phi) is 2.89. The summed E-state index contributed by atoms with van der Waals surface area (Å²) >= 11 is 1.74. The van der Waals surface area contributed by atoms with E-state index in [0.717, 1.165) is 16.5 Å². The monoisotopic (exact) mass is 298 g/mol. The first kappa shape index (κ1) is 12.7. The molecular weight excluding hydrogens is 284 g/mol. The van der Waals surface area contributed by atoms with Crippen LogP contribution in [0.4, 0.5) is 10.5 Å². The Morgan fingerprint density at radius 3 is 2.71 bits per heavy atom. The van der Waals surface area contributed by atoms with Gasteiger partial charge in [-0.3, -0.25) is 4.79 Å². The number of imide groups is 1. The van der Waals surface area contributed by atoms with E-state index in [1.54, 1.807) is 16.7 Å². The third-order valence-electron chi connectivity index (χ3n) is 4.08. The summed E-state index contributed by atoms with van der Waals surface area (Å²) in [5.74, 6) is 1.51. The van der Waals surface area contributed by atoms with Gasteiger partial charge in [0.25, 0.3) is 5.91 Å². The van der Waals surface area contributed by atoms with Crippen molar-refractivity contribution in [2.24, 2.45) is 0 Å². The van der Waals surface area contributed by atoms with E-state index in [0.29, 0.717) is 18.0 Å². The normalized spacial score (nSPS) is 22.0. The molecule has 2 heterocycles. The van der Waals surface area contributed by atoms with Crippen molar-refractivity contribution in [3.05, 3.63) is 42.5 Å². The Morgan fingerprint density at radius 1 is 1.05 bits per heavy atom. The van der Waals surface area contributed by atoms with Gasteiger partial charge in [0.1, 0.15) is 6.04 Å². The van der Waals surface area contributed by atoms with Gasteiger partial charge in [-0.25, -0.2) is 9.69 Å². The summed E-state index contributed by atoms with van der Waals surface area (Å²) in [6, 6.07) is 13.1. The van der Waals surface area contributed by atoms with E-state index in [-0.39, 0.29) is 18.0 Å². The number of amides is 3. The van der Waals surface area contributed by atoms with Gasteiger partial charge in [0.2, 0.25) is 0 Å². The van der Waals surface area contributed by atoms with Gasteiger partial charge in [0.05, 0.1) is 5.69 Å². The Hall–Kier alpha value is -2.01. The van der Waals surface area contributed by atoms with E-state index in [9.17, 15) is 9.59 Å². The second kappa shape index (κ2) is 4.77. The molecule has 0 aromatic heterocycles. The van der Waals surface area contributed by atoms with E-state index in [4.69, 9.17) is 0 Å². The third kappa shape index (κ3) is 1.84. The Labute approximate surface area is 126 Å². The van der Waals surface area contributed by atoms with Crippen molar-refractivity contribution in [2.45, 2.75) is 6.04 Å². The molecule has 2 saturated heterocycles. The average molecular weight is 298 g/mol. The summed E-state index contributed by atoms with van der Waals surface area (Å²) in [5.41, 5.74) is 0.697. The molecule has 4 nitrogen and oxygen atoms in total. The number of hydrogen-bond acceptors (Lipinski definition) is 3. The maximum Gasteiger partial charge on any atom is 0.332 e. The number of fused-ring (bicyclic) bond motifs is 2. The highest BCUT2D eigenvalue weighted by Crippen LogP contribution is 2.33. The lowest BCUT2D eigenvalue weighted by Crippen LogP contribution is -2.41. The van der Waals surface area contributed by atoms with Crippen LogP contribution in [0.25, 0.3) is 10.8 Å². The molecule has 0 spiro atoms. The number of carbonyl (C=O) groups is 2. The quantitative estimate of drug-likeness (QED) is 0.760. The van der Waals surface area contributed by atoms with Gasteiger partial charge in [0, 0.05) is 23.4 Å². The molecule has 4 rings (SSSR count). The van der Waals surface area contributed by atoms with Crippen molar-refractivity contribution >= 4 is 40.2 Å². The molecule has 2 aromatic carbocycles. The van der Waals surface area contributed by atoms with Crippen LogP contribution < -0.4 is 4.90 Å². The molecule has 3 amide bonds. The van der Waals surface area contributed by atoms with Crippen LogP contribution in [0.2, 0.25) is 0 Å². The molecule has 0 aliphatic carbocycles. The molecule has 5 heteroatoms. The fraction of sp³-hybridized carbons (Fsp3) is 0.250. The van der Waals surface area contributed by atoms with Crippen molar-refractivity contribution in [3.63, 3.8) is 0 Å². The minimum atomic E-state index is -0.296. The molecule has 2 aliphatic rings. The Morgan fingerprint density at radius 2 is 1.86 bits per heavy atom. The summed E-state index contributed by atoms with van der Waals surface area (Å²) in [5, 5.41) is 1.98. The highest BCUT2D eigenvalue weighted by Gasteiger charge is 2.47. The lowest BCUT2D eigenvalue weighted by molar-refractivity contribution is -0.119. The van der Waals surface area contributed by atoms with E-state index < -0.39 is 0 Å².